The number of aliphatic carboxylic acids is 1. The average Bonchev–Trinajstić information content (AvgIpc) is 1.59. The monoisotopic (exact) mass is 1520 g/mol. The van der Waals surface area contributed by atoms with Gasteiger partial charge in [0.25, 0.3) is 5.91 Å². The summed E-state index contributed by atoms with van der Waals surface area (Å²) in [5.74, 6) is -7.33. The molecular formula is C67H101FN20O16S2. The molecule has 0 spiro atoms. The molecule has 16 N–H and O–H groups in total. The summed E-state index contributed by atoms with van der Waals surface area (Å²) in [6.07, 6.45) is 7.36. The number of aliphatic imine (C=N–C) groups is 1. The lowest BCUT2D eigenvalue weighted by molar-refractivity contribution is -0.141. The number of amides is 11. The molecule has 0 saturated carbocycles. The van der Waals surface area contributed by atoms with Crippen LogP contribution in [-0.2, 0) is 105 Å². The van der Waals surface area contributed by atoms with Crippen LogP contribution in [-0.4, -0.2) is 236 Å². The Hall–Kier alpha value is -9.08. The van der Waals surface area contributed by atoms with Crippen molar-refractivity contribution in [1.82, 2.24) is 88.5 Å². The van der Waals surface area contributed by atoms with E-state index in [4.69, 9.17) is 25.7 Å². The molecule has 4 aliphatic rings. The van der Waals surface area contributed by atoms with Crippen LogP contribution in [0.4, 0.5) is 9.18 Å². The summed E-state index contributed by atoms with van der Waals surface area (Å²) in [6, 6.07) is 2.11. The zero-order valence-electron chi connectivity index (χ0n) is 59.7. The highest BCUT2D eigenvalue weighted by Crippen LogP contribution is 2.36. The van der Waals surface area contributed by atoms with Crippen LogP contribution in [0.3, 0.4) is 0 Å². The molecule has 11 amide bonds. The maximum atomic E-state index is 17.1. The van der Waals surface area contributed by atoms with Crippen molar-refractivity contribution in [3.63, 3.8) is 0 Å². The highest BCUT2D eigenvalue weighted by molar-refractivity contribution is 8.14. The van der Waals surface area contributed by atoms with Crippen molar-refractivity contribution in [2.45, 2.75) is 202 Å². The molecule has 106 heavy (non-hydrogen) atoms. The molecule has 3 aliphatic heterocycles. The molecule has 7 rings (SSSR count). The van der Waals surface area contributed by atoms with Crippen LogP contribution in [0.25, 0.3) is 0 Å². The smallest absolute Gasteiger partial charge is 0.315 e. The Balaban J connectivity index is 0.840. The van der Waals surface area contributed by atoms with Crippen LogP contribution in [0.5, 0.6) is 0 Å². The summed E-state index contributed by atoms with van der Waals surface area (Å²) in [4.78, 5) is 161. The summed E-state index contributed by atoms with van der Waals surface area (Å²) in [5.41, 5.74) is 9.90. The molecule has 3 saturated heterocycles. The molecule has 9 atom stereocenters. The van der Waals surface area contributed by atoms with Gasteiger partial charge < -0.3 is 89.3 Å². The van der Waals surface area contributed by atoms with E-state index in [1.165, 1.54) is 11.6 Å². The number of nitrogens with zero attached hydrogens (tertiary/aromatic N) is 7. The zero-order valence-corrected chi connectivity index (χ0v) is 61.3. The normalized spacial score (nSPS) is 21.5. The fourth-order valence-electron chi connectivity index (χ4n) is 12.3. The second-order valence-electron chi connectivity index (χ2n) is 26.1. The van der Waals surface area contributed by atoms with E-state index in [1.807, 2.05) is 11.8 Å². The number of unbranched alkanes of at least 4 members (excludes halogenated alkanes) is 3. The van der Waals surface area contributed by atoms with Gasteiger partial charge in [0.15, 0.2) is 11.1 Å². The number of halogens is 1. The molecule has 36 nitrogen and oxygen atoms in total. The standard InChI is InChI=1S/C67H101FN20O16S2/c1-42(89)105-41-55(92)76-45(17-9-12-24-72-64(100)67(68)23-11-3-6-20-51-58(67)84-86-88(51)28-30-103-32-34-104-33-31-102-29-26-71-53(90)22-8-7-21-52-57-50(40-106-52)81-66(101)82-57)59(95)74-37-44-39-87(85-83-44)27-13-10-18-47-61(97)78-46(19-14-25-73-65(69)70)60(96)75-38-54(91)77-49(36-56(93)94)63(99)80-48(62(98)79-47)35-43-15-4-2-5-16-43/h2,4-5,15-16,39,45-50,52,57H,3,6-14,17-38,40-41H2,1H3,(H,71,90)(H,72,100)(H,74,95)(H,75,96)(H,76,92)(H,77,91)(H,78,97)(H,79,98)(H,80,99)(H,93,94)(H4,69,70,73)(H2,81,82,101)/t45-,46-,47-,48+,49-,50+,52+,57+,67?/m0/s1. The van der Waals surface area contributed by atoms with Crippen molar-refractivity contribution in [2.75, 3.05) is 77.3 Å². The number of hydrogen-bond acceptors (Lipinski definition) is 22. The molecule has 2 aromatic heterocycles. The first-order chi connectivity index (χ1) is 51.0. The highest BCUT2D eigenvalue weighted by Gasteiger charge is 2.46. The minimum absolute atomic E-state index is 0.00720. The van der Waals surface area contributed by atoms with Crippen molar-refractivity contribution in [3.05, 3.63) is 59.2 Å². The van der Waals surface area contributed by atoms with E-state index in [1.54, 1.807) is 41.2 Å². The number of nitrogens with two attached hydrogens (primary N) is 2. The molecule has 1 unspecified atom stereocenters. The van der Waals surface area contributed by atoms with Crippen molar-refractivity contribution in [3.8, 4) is 0 Å². The first-order valence-electron chi connectivity index (χ1n) is 36.0. The number of guanidine groups is 1. The fraction of sp³-hybridized carbons (Fsp3) is 0.657. The number of carboxylic acids is 1. The number of fused-ring (bicyclic) bond motifs is 2. The summed E-state index contributed by atoms with van der Waals surface area (Å²) in [6.45, 7) is 3.30. The van der Waals surface area contributed by atoms with Crippen LogP contribution in [0, 0.1) is 0 Å². The lowest BCUT2D eigenvalue weighted by atomic mass is 9.88. The third-order valence-corrected chi connectivity index (χ3v) is 20.2. The third-order valence-electron chi connectivity index (χ3n) is 17.9. The summed E-state index contributed by atoms with van der Waals surface area (Å²) in [7, 11) is 0. The van der Waals surface area contributed by atoms with Crippen LogP contribution in [0.15, 0.2) is 41.5 Å². The number of hydrogen-bond donors (Lipinski definition) is 14. The first kappa shape index (κ1) is 84.2. The van der Waals surface area contributed by atoms with E-state index in [0.29, 0.717) is 100 Å². The molecule has 39 heteroatoms. The van der Waals surface area contributed by atoms with E-state index in [9.17, 15) is 62.6 Å². The van der Waals surface area contributed by atoms with E-state index < -0.39 is 102 Å². The largest absolute Gasteiger partial charge is 0.481 e. The van der Waals surface area contributed by atoms with Gasteiger partial charge in [-0.05, 0) is 95.5 Å². The number of carbonyl (C=O) groups excluding carboxylic acids is 11. The Bertz CT molecular complexity index is 3460. The van der Waals surface area contributed by atoms with Crippen LogP contribution >= 0.6 is 23.5 Å². The van der Waals surface area contributed by atoms with E-state index >= 15 is 4.39 Å². The zero-order chi connectivity index (χ0) is 76.2. The number of nitrogens with one attached hydrogen (secondary N) is 11. The van der Waals surface area contributed by atoms with Crippen LogP contribution in [0.1, 0.15) is 139 Å². The SMILES string of the molecule is CC(=O)SCC(=O)N[C@@H](CCCCNC(=O)C1(F)CCCCCc2c1nnn2CCOCCOCCOCCNC(=O)CCCC[C@H]1SC[C@H]2NC(=O)N[C@H]21)C(=O)NCc1cn(CCCC[C@@H]2NC(=O)[C@@H](Cc3ccccc3)NC(=O)[C@H](CC(=O)O)NC(=O)CNC(=O)[C@H](CCCN=C(N)N)NC2=O)nn1. The predicted molar refractivity (Wildman–Crippen MR) is 385 cm³/mol. The Morgan fingerprint density at radius 1 is 0.736 bits per heavy atom. The first-order valence-corrected chi connectivity index (χ1v) is 38.1. The Morgan fingerprint density at radius 3 is 2.20 bits per heavy atom. The number of rotatable bonds is 42. The summed E-state index contributed by atoms with van der Waals surface area (Å²) in [5, 5.41) is 56.1. The maximum Gasteiger partial charge on any atom is 0.315 e. The van der Waals surface area contributed by atoms with Gasteiger partial charge in [-0.3, -0.25) is 62.4 Å². The molecule has 1 aromatic carbocycles. The number of thioether (sulfide) groups is 2. The second-order valence-corrected chi connectivity index (χ2v) is 28.5. The molecular weight excluding hydrogens is 1420 g/mol. The predicted octanol–water partition coefficient (Wildman–Crippen LogP) is -1.58. The average molecular weight is 1530 g/mol. The van der Waals surface area contributed by atoms with E-state index in [-0.39, 0.29) is 137 Å². The van der Waals surface area contributed by atoms with Gasteiger partial charge in [0.1, 0.15) is 41.6 Å². The lowest BCUT2D eigenvalue weighted by Crippen LogP contribution is -2.58. The Morgan fingerprint density at radius 2 is 1.44 bits per heavy atom. The number of benzene rings is 1. The molecule has 3 fully saturated rings. The molecule has 1 aliphatic carbocycles. The molecule has 584 valence electrons. The van der Waals surface area contributed by atoms with Crippen molar-refractivity contribution in [2.24, 2.45) is 16.5 Å². The third kappa shape index (κ3) is 29.0. The van der Waals surface area contributed by atoms with E-state index in [2.05, 4.69) is 84.1 Å². The molecule has 0 radical (unpaired) electrons. The van der Waals surface area contributed by atoms with Gasteiger partial charge in [0.05, 0.1) is 95.4 Å². The van der Waals surface area contributed by atoms with E-state index in [0.717, 1.165) is 43.2 Å². The van der Waals surface area contributed by atoms with Crippen molar-refractivity contribution in [1.29, 1.82) is 0 Å². The van der Waals surface area contributed by atoms with Gasteiger partial charge >= 0.3 is 12.0 Å². The highest BCUT2D eigenvalue weighted by atomic mass is 32.2. The minimum atomic E-state index is -2.47. The Kier molecular flexibility index (Phi) is 35.6. The number of alkyl halides is 1. The lowest BCUT2D eigenvalue weighted by Gasteiger charge is -2.26. The number of urea groups is 1. The number of aromatic nitrogens is 6. The van der Waals surface area contributed by atoms with Crippen LogP contribution in [0.2, 0.25) is 0 Å². The maximum absolute atomic E-state index is 17.1. The van der Waals surface area contributed by atoms with Crippen LogP contribution < -0.4 is 70.0 Å². The molecule has 0 bridgehead atoms. The van der Waals surface area contributed by atoms with Crippen molar-refractivity contribution >= 4 is 99.8 Å². The minimum Gasteiger partial charge on any atom is -0.481 e. The van der Waals surface area contributed by atoms with Crippen molar-refractivity contribution < 1.29 is 81.2 Å². The van der Waals surface area contributed by atoms with Gasteiger partial charge in [0, 0.05) is 56.9 Å². The summed E-state index contributed by atoms with van der Waals surface area (Å²) < 4.78 is 37.2. The Labute approximate surface area is 621 Å². The quantitative estimate of drug-likeness (QED) is 0.0132. The topological polar surface area (TPSA) is 511 Å². The number of aryl methyl sites for hydroxylation is 1. The molecule has 5 heterocycles. The fourth-order valence-corrected chi connectivity index (χ4v) is 14.3. The number of carbonyl (C=O) groups is 12. The van der Waals surface area contributed by atoms with Gasteiger partial charge in [-0.2, -0.15) is 11.8 Å². The van der Waals surface area contributed by atoms with Gasteiger partial charge in [-0.15, -0.1) is 10.2 Å². The van der Waals surface area contributed by atoms with Gasteiger partial charge in [0.2, 0.25) is 52.9 Å². The number of carboxylic acid groups (broad SMARTS) is 1. The summed E-state index contributed by atoms with van der Waals surface area (Å²) >= 11 is 2.63. The second kappa shape index (κ2) is 44.8. The molecule has 3 aromatic rings. The van der Waals surface area contributed by atoms with Gasteiger partial charge in [-0.1, -0.05) is 65.4 Å². The van der Waals surface area contributed by atoms with Gasteiger partial charge in [-0.25, -0.2) is 13.9 Å². The number of ether oxygens (including phenoxy) is 3.